The number of hydroxylamine groups is 1. The van der Waals surface area contributed by atoms with Gasteiger partial charge in [-0.2, -0.15) is 0 Å². The number of hydrogen-bond acceptors (Lipinski definition) is 6. The van der Waals surface area contributed by atoms with Gasteiger partial charge in [-0.15, -0.1) is 0 Å². The van der Waals surface area contributed by atoms with Crippen molar-refractivity contribution in [3.63, 3.8) is 0 Å². The third kappa shape index (κ3) is 8.27. The zero-order valence-electron chi connectivity index (χ0n) is 17.7. The molecule has 1 amide bonds. The van der Waals surface area contributed by atoms with Crippen molar-refractivity contribution in [2.75, 3.05) is 17.9 Å². The third-order valence-electron chi connectivity index (χ3n) is 4.15. The van der Waals surface area contributed by atoms with Crippen molar-refractivity contribution in [3.05, 3.63) is 76.4 Å². The fraction of sp³-hybridized carbons (Fsp3) is 0.333. The standard InChI is InChI=1S/C21H28N4O5S/c1-16(2)23-30-13-7-12-22-20(26)14-25-17(3)10-11-19(21(25)27)24-31(28,29)15-18-8-5-4-6-9-18/h4-6,8-11,23-24H,1,7,12-15H2,2-3H3,(H,22,26). The SMILES string of the molecule is C=C(C)NOCCCNC(=O)Cn1c(C)ccc(NS(=O)(=O)Cc2ccccc2)c1=O. The maximum atomic E-state index is 12.8. The Labute approximate surface area is 182 Å². The number of pyridine rings is 1. The van der Waals surface area contributed by atoms with E-state index in [9.17, 15) is 18.0 Å². The van der Waals surface area contributed by atoms with Crippen molar-refractivity contribution in [2.45, 2.75) is 32.6 Å². The molecule has 0 unspecified atom stereocenters. The van der Waals surface area contributed by atoms with Gasteiger partial charge in [0.2, 0.25) is 15.9 Å². The predicted octanol–water partition coefficient (Wildman–Crippen LogP) is 1.66. The zero-order chi connectivity index (χ0) is 22.9. The van der Waals surface area contributed by atoms with E-state index in [1.54, 1.807) is 50.2 Å². The first-order chi connectivity index (χ1) is 14.7. The number of aryl methyl sites for hydroxylation is 1. The highest BCUT2D eigenvalue weighted by atomic mass is 32.2. The molecule has 31 heavy (non-hydrogen) atoms. The lowest BCUT2D eigenvalue weighted by Crippen LogP contribution is -2.35. The van der Waals surface area contributed by atoms with Crippen LogP contribution in [0.4, 0.5) is 5.69 Å². The Kier molecular flexibility index (Phi) is 8.83. The van der Waals surface area contributed by atoms with Crippen molar-refractivity contribution < 1.29 is 18.0 Å². The van der Waals surface area contributed by atoms with Gasteiger partial charge in [0.15, 0.2) is 0 Å². The highest BCUT2D eigenvalue weighted by Crippen LogP contribution is 2.10. The smallest absolute Gasteiger partial charge is 0.275 e. The van der Waals surface area contributed by atoms with Crippen LogP contribution in [0.3, 0.4) is 0 Å². The Hall–Kier alpha value is -3.11. The van der Waals surface area contributed by atoms with Crippen LogP contribution >= 0.6 is 0 Å². The lowest BCUT2D eigenvalue weighted by atomic mass is 10.2. The molecule has 1 aromatic carbocycles. The molecule has 0 aliphatic carbocycles. The molecule has 0 aliphatic rings. The molecule has 0 spiro atoms. The molecule has 10 heteroatoms. The molecular formula is C21H28N4O5S. The fourth-order valence-corrected chi connectivity index (χ4v) is 3.88. The summed E-state index contributed by atoms with van der Waals surface area (Å²) >= 11 is 0. The summed E-state index contributed by atoms with van der Waals surface area (Å²) in [6.45, 7) is 7.60. The Morgan fingerprint density at radius 1 is 1.16 bits per heavy atom. The van der Waals surface area contributed by atoms with Crippen molar-refractivity contribution in [3.8, 4) is 0 Å². The molecule has 0 radical (unpaired) electrons. The summed E-state index contributed by atoms with van der Waals surface area (Å²) in [5.74, 6) is -0.619. The second-order valence-electron chi connectivity index (χ2n) is 7.06. The van der Waals surface area contributed by atoms with Crippen molar-refractivity contribution in [1.29, 1.82) is 0 Å². The van der Waals surface area contributed by atoms with Gasteiger partial charge in [-0.1, -0.05) is 36.9 Å². The zero-order valence-corrected chi connectivity index (χ0v) is 18.5. The monoisotopic (exact) mass is 448 g/mol. The molecule has 1 aromatic heterocycles. The van der Waals surface area contributed by atoms with Crippen LogP contribution in [0.15, 0.2) is 59.5 Å². The normalized spacial score (nSPS) is 11.0. The molecule has 1 heterocycles. The average molecular weight is 449 g/mol. The lowest BCUT2D eigenvalue weighted by molar-refractivity contribution is -0.121. The number of hydrogen-bond donors (Lipinski definition) is 3. The average Bonchev–Trinajstić information content (AvgIpc) is 2.70. The van der Waals surface area contributed by atoms with Crippen LogP contribution in [0.2, 0.25) is 0 Å². The van der Waals surface area contributed by atoms with Crippen molar-refractivity contribution in [2.24, 2.45) is 0 Å². The summed E-state index contributed by atoms with van der Waals surface area (Å²) in [4.78, 5) is 30.1. The second-order valence-corrected chi connectivity index (χ2v) is 8.78. The van der Waals surface area contributed by atoms with E-state index in [1.807, 2.05) is 0 Å². The fourth-order valence-electron chi connectivity index (χ4n) is 2.69. The van der Waals surface area contributed by atoms with Gasteiger partial charge < -0.3 is 9.88 Å². The van der Waals surface area contributed by atoms with E-state index in [0.717, 1.165) is 0 Å². The van der Waals surface area contributed by atoms with E-state index in [0.29, 0.717) is 36.5 Å². The van der Waals surface area contributed by atoms with Crippen LogP contribution in [0, 0.1) is 6.92 Å². The summed E-state index contributed by atoms with van der Waals surface area (Å²) in [6.07, 6.45) is 0.569. The lowest BCUT2D eigenvalue weighted by Gasteiger charge is -2.14. The number of nitrogens with one attached hydrogen (secondary N) is 3. The summed E-state index contributed by atoms with van der Waals surface area (Å²) in [5.41, 5.74) is 3.76. The first kappa shape index (κ1) is 24.2. The van der Waals surface area contributed by atoms with Crippen LogP contribution in [0.5, 0.6) is 0 Å². The van der Waals surface area contributed by atoms with Crippen LogP contribution in [-0.4, -0.2) is 32.0 Å². The number of amides is 1. The van der Waals surface area contributed by atoms with Crippen molar-refractivity contribution in [1.82, 2.24) is 15.4 Å². The highest BCUT2D eigenvalue weighted by Gasteiger charge is 2.16. The molecular weight excluding hydrogens is 420 g/mol. The van der Waals surface area contributed by atoms with Gasteiger partial charge in [0.1, 0.15) is 12.2 Å². The number of benzene rings is 1. The van der Waals surface area contributed by atoms with Gasteiger partial charge in [0, 0.05) is 17.9 Å². The van der Waals surface area contributed by atoms with Gasteiger partial charge in [-0.25, -0.2) is 8.42 Å². The molecule has 0 atom stereocenters. The number of nitrogens with zero attached hydrogens (tertiary/aromatic N) is 1. The van der Waals surface area contributed by atoms with Gasteiger partial charge in [-0.05, 0) is 38.0 Å². The molecule has 0 fully saturated rings. The van der Waals surface area contributed by atoms with Gasteiger partial charge in [0.05, 0.1) is 12.4 Å². The topological polar surface area (TPSA) is 119 Å². The minimum Gasteiger partial charge on any atom is -0.354 e. The molecule has 9 nitrogen and oxygen atoms in total. The number of carbonyl (C=O) groups is 1. The van der Waals surface area contributed by atoms with E-state index < -0.39 is 15.6 Å². The summed E-state index contributed by atoms with van der Waals surface area (Å²) in [5, 5.41) is 2.71. The number of anilines is 1. The van der Waals surface area contributed by atoms with Crippen LogP contribution in [0.1, 0.15) is 24.6 Å². The third-order valence-corrected chi connectivity index (χ3v) is 5.40. The molecule has 0 saturated carbocycles. The van der Waals surface area contributed by atoms with Crippen molar-refractivity contribution >= 4 is 21.6 Å². The van der Waals surface area contributed by atoms with E-state index in [-0.39, 0.29) is 23.9 Å². The number of rotatable bonds is 12. The Bertz CT molecular complexity index is 1060. The summed E-state index contributed by atoms with van der Waals surface area (Å²) < 4.78 is 28.5. The maximum absolute atomic E-state index is 12.8. The number of carbonyl (C=O) groups excluding carboxylic acids is 1. The maximum Gasteiger partial charge on any atom is 0.275 e. The molecule has 168 valence electrons. The van der Waals surface area contributed by atoms with E-state index in [4.69, 9.17) is 4.84 Å². The highest BCUT2D eigenvalue weighted by molar-refractivity contribution is 7.91. The molecule has 2 rings (SSSR count). The Balaban J connectivity index is 1.98. The van der Waals surface area contributed by atoms with E-state index in [1.165, 1.54) is 10.6 Å². The number of allylic oxidation sites excluding steroid dienone is 1. The molecule has 2 aromatic rings. The largest absolute Gasteiger partial charge is 0.354 e. The first-order valence-corrected chi connectivity index (χ1v) is 11.4. The first-order valence-electron chi connectivity index (χ1n) is 9.73. The quantitative estimate of drug-likeness (QED) is 0.336. The molecule has 0 aliphatic heterocycles. The second kappa shape index (κ2) is 11.3. The summed E-state index contributed by atoms with van der Waals surface area (Å²) in [6, 6.07) is 11.6. The van der Waals surface area contributed by atoms with Gasteiger partial charge >= 0.3 is 0 Å². The number of aromatic nitrogens is 1. The number of sulfonamides is 1. The minimum atomic E-state index is -3.79. The van der Waals surface area contributed by atoms with Crippen LogP contribution in [-0.2, 0) is 32.0 Å². The minimum absolute atomic E-state index is 0.103. The predicted molar refractivity (Wildman–Crippen MR) is 120 cm³/mol. The van der Waals surface area contributed by atoms with Crippen LogP contribution < -0.4 is 21.1 Å². The molecule has 3 N–H and O–H groups in total. The Morgan fingerprint density at radius 3 is 2.55 bits per heavy atom. The molecule has 0 saturated heterocycles. The molecule has 0 bridgehead atoms. The van der Waals surface area contributed by atoms with Crippen LogP contribution in [0.25, 0.3) is 0 Å². The Morgan fingerprint density at radius 2 is 1.87 bits per heavy atom. The van der Waals surface area contributed by atoms with Gasteiger partial charge in [-0.3, -0.25) is 24.6 Å². The summed E-state index contributed by atoms with van der Waals surface area (Å²) in [7, 11) is -3.79. The van der Waals surface area contributed by atoms with E-state index >= 15 is 0 Å². The van der Waals surface area contributed by atoms with Gasteiger partial charge in [0.25, 0.3) is 5.56 Å². The van der Waals surface area contributed by atoms with E-state index in [2.05, 4.69) is 22.1 Å².